The molecule has 106 valence electrons. The standard InChI is InChI=1S/C15H24N2O2/c1-3-19-14-6-4-5-13(15(14)18)10-17-8-7-12(9-17)11(2)16/h4-6,11-12,18H,3,7-10,16H2,1-2H3. The van der Waals surface area contributed by atoms with Crippen molar-refractivity contribution >= 4 is 0 Å². The van der Waals surface area contributed by atoms with E-state index in [1.807, 2.05) is 19.1 Å². The Hall–Kier alpha value is -1.26. The molecule has 2 rings (SSSR count). The zero-order valence-corrected chi connectivity index (χ0v) is 11.8. The van der Waals surface area contributed by atoms with Crippen LogP contribution in [0.5, 0.6) is 11.5 Å². The van der Waals surface area contributed by atoms with Gasteiger partial charge in [-0.25, -0.2) is 0 Å². The average molecular weight is 264 g/mol. The van der Waals surface area contributed by atoms with Crippen molar-refractivity contribution in [3.8, 4) is 11.5 Å². The molecule has 0 spiro atoms. The first-order valence-corrected chi connectivity index (χ1v) is 7.03. The predicted octanol–water partition coefficient (Wildman–Crippen LogP) is 1.96. The molecular weight excluding hydrogens is 240 g/mol. The van der Waals surface area contributed by atoms with Gasteiger partial charge in [0.2, 0.25) is 0 Å². The Morgan fingerprint density at radius 3 is 2.95 bits per heavy atom. The number of rotatable bonds is 5. The van der Waals surface area contributed by atoms with Gasteiger partial charge in [0.05, 0.1) is 6.61 Å². The smallest absolute Gasteiger partial charge is 0.162 e. The van der Waals surface area contributed by atoms with Crippen molar-refractivity contribution in [2.45, 2.75) is 32.9 Å². The summed E-state index contributed by atoms with van der Waals surface area (Å²) in [4.78, 5) is 2.35. The maximum atomic E-state index is 10.2. The Morgan fingerprint density at radius 1 is 1.53 bits per heavy atom. The lowest BCUT2D eigenvalue weighted by Crippen LogP contribution is -2.29. The quantitative estimate of drug-likeness (QED) is 0.853. The van der Waals surface area contributed by atoms with Crippen molar-refractivity contribution in [1.29, 1.82) is 0 Å². The van der Waals surface area contributed by atoms with Gasteiger partial charge in [0.15, 0.2) is 11.5 Å². The summed E-state index contributed by atoms with van der Waals surface area (Å²) in [7, 11) is 0. The summed E-state index contributed by atoms with van der Waals surface area (Å²) in [6, 6.07) is 5.93. The van der Waals surface area contributed by atoms with Crippen LogP contribution >= 0.6 is 0 Å². The molecule has 0 amide bonds. The molecule has 2 atom stereocenters. The molecule has 0 saturated carbocycles. The SMILES string of the molecule is CCOc1cccc(CN2CCC(C(C)N)C2)c1O. The van der Waals surface area contributed by atoms with Gasteiger partial charge in [-0.15, -0.1) is 0 Å². The minimum atomic E-state index is 0.244. The van der Waals surface area contributed by atoms with Crippen molar-refractivity contribution in [3.63, 3.8) is 0 Å². The van der Waals surface area contributed by atoms with Crippen molar-refractivity contribution in [3.05, 3.63) is 23.8 Å². The normalized spacial score (nSPS) is 21.5. The van der Waals surface area contributed by atoms with E-state index in [4.69, 9.17) is 10.5 Å². The summed E-state index contributed by atoms with van der Waals surface area (Å²) in [5.41, 5.74) is 6.88. The minimum Gasteiger partial charge on any atom is -0.504 e. The van der Waals surface area contributed by atoms with Gasteiger partial charge in [-0.2, -0.15) is 0 Å². The van der Waals surface area contributed by atoms with Gasteiger partial charge < -0.3 is 15.6 Å². The number of hydrogen-bond acceptors (Lipinski definition) is 4. The third-order valence-electron chi connectivity index (χ3n) is 3.83. The molecular formula is C15H24N2O2. The molecule has 2 unspecified atom stereocenters. The molecule has 1 heterocycles. The highest BCUT2D eigenvalue weighted by Crippen LogP contribution is 2.31. The number of phenolic OH excluding ortho intramolecular Hbond substituents is 1. The summed E-state index contributed by atoms with van der Waals surface area (Å²) in [5.74, 6) is 1.41. The lowest BCUT2D eigenvalue weighted by Gasteiger charge is -2.19. The van der Waals surface area contributed by atoms with Gasteiger partial charge in [-0.1, -0.05) is 12.1 Å². The highest BCUT2D eigenvalue weighted by Gasteiger charge is 2.25. The Bertz CT molecular complexity index is 421. The molecule has 0 aliphatic carbocycles. The van der Waals surface area contributed by atoms with Crippen LogP contribution in [-0.4, -0.2) is 35.7 Å². The number of likely N-dealkylation sites (tertiary alicyclic amines) is 1. The molecule has 1 aliphatic heterocycles. The predicted molar refractivity (Wildman–Crippen MR) is 76.3 cm³/mol. The number of nitrogens with two attached hydrogens (primary N) is 1. The molecule has 19 heavy (non-hydrogen) atoms. The second-order valence-electron chi connectivity index (χ2n) is 5.34. The van der Waals surface area contributed by atoms with E-state index in [0.717, 1.165) is 31.6 Å². The van der Waals surface area contributed by atoms with E-state index in [0.29, 0.717) is 18.3 Å². The van der Waals surface area contributed by atoms with Crippen LogP contribution < -0.4 is 10.5 Å². The van der Waals surface area contributed by atoms with Crippen LogP contribution in [0, 0.1) is 5.92 Å². The maximum Gasteiger partial charge on any atom is 0.162 e. The van der Waals surface area contributed by atoms with E-state index >= 15 is 0 Å². The Morgan fingerprint density at radius 2 is 2.32 bits per heavy atom. The first-order valence-electron chi connectivity index (χ1n) is 7.03. The van der Waals surface area contributed by atoms with E-state index in [2.05, 4.69) is 11.8 Å². The van der Waals surface area contributed by atoms with Crippen LogP contribution in [-0.2, 0) is 6.54 Å². The van der Waals surface area contributed by atoms with Crippen LogP contribution in [0.1, 0.15) is 25.8 Å². The van der Waals surface area contributed by atoms with Crippen LogP contribution in [0.3, 0.4) is 0 Å². The summed E-state index contributed by atoms with van der Waals surface area (Å²) >= 11 is 0. The van der Waals surface area contributed by atoms with Gasteiger partial charge in [-0.05, 0) is 38.8 Å². The Labute approximate surface area is 115 Å². The van der Waals surface area contributed by atoms with Crippen LogP contribution in [0.2, 0.25) is 0 Å². The Kier molecular flexibility index (Phi) is 4.66. The van der Waals surface area contributed by atoms with E-state index < -0.39 is 0 Å². The number of benzene rings is 1. The monoisotopic (exact) mass is 264 g/mol. The summed E-state index contributed by atoms with van der Waals surface area (Å²) < 4.78 is 5.41. The zero-order chi connectivity index (χ0) is 13.8. The molecule has 1 aromatic rings. The second-order valence-corrected chi connectivity index (χ2v) is 5.34. The fourth-order valence-electron chi connectivity index (χ4n) is 2.64. The topological polar surface area (TPSA) is 58.7 Å². The van der Waals surface area contributed by atoms with E-state index in [1.165, 1.54) is 0 Å². The lowest BCUT2D eigenvalue weighted by molar-refractivity contribution is 0.292. The third-order valence-corrected chi connectivity index (χ3v) is 3.83. The van der Waals surface area contributed by atoms with Gasteiger partial charge in [0, 0.05) is 24.7 Å². The van der Waals surface area contributed by atoms with Crippen molar-refractivity contribution in [2.24, 2.45) is 11.7 Å². The summed E-state index contributed by atoms with van der Waals surface area (Å²) in [6.07, 6.45) is 1.14. The van der Waals surface area contributed by atoms with E-state index in [1.54, 1.807) is 6.07 Å². The minimum absolute atomic E-state index is 0.244. The average Bonchev–Trinajstić information content (AvgIpc) is 2.83. The molecule has 4 heteroatoms. The second kappa shape index (κ2) is 6.26. The van der Waals surface area contributed by atoms with Crippen molar-refractivity contribution in [1.82, 2.24) is 4.90 Å². The fourth-order valence-corrected chi connectivity index (χ4v) is 2.64. The number of ether oxygens (including phenoxy) is 1. The number of nitrogens with zero attached hydrogens (tertiary/aromatic N) is 1. The molecule has 4 nitrogen and oxygen atoms in total. The Balaban J connectivity index is 2.02. The molecule has 1 fully saturated rings. The molecule has 0 radical (unpaired) electrons. The van der Waals surface area contributed by atoms with Crippen LogP contribution in [0.4, 0.5) is 0 Å². The number of aromatic hydroxyl groups is 1. The highest BCUT2D eigenvalue weighted by molar-refractivity contribution is 5.45. The van der Waals surface area contributed by atoms with E-state index in [9.17, 15) is 5.11 Å². The fraction of sp³-hybridized carbons (Fsp3) is 0.600. The summed E-state index contributed by atoms with van der Waals surface area (Å²) in [6.45, 7) is 7.37. The number of phenols is 1. The first kappa shape index (κ1) is 14.2. The maximum absolute atomic E-state index is 10.2. The first-order chi connectivity index (χ1) is 9.11. The summed E-state index contributed by atoms with van der Waals surface area (Å²) in [5, 5.41) is 10.2. The highest BCUT2D eigenvalue weighted by atomic mass is 16.5. The van der Waals surface area contributed by atoms with Crippen molar-refractivity contribution < 1.29 is 9.84 Å². The van der Waals surface area contributed by atoms with Gasteiger partial charge in [0.25, 0.3) is 0 Å². The van der Waals surface area contributed by atoms with E-state index in [-0.39, 0.29) is 11.8 Å². The van der Waals surface area contributed by atoms with Crippen LogP contribution in [0.15, 0.2) is 18.2 Å². The largest absolute Gasteiger partial charge is 0.504 e. The molecule has 1 aromatic carbocycles. The van der Waals surface area contributed by atoms with Crippen molar-refractivity contribution in [2.75, 3.05) is 19.7 Å². The molecule has 3 N–H and O–H groups in total. The molecule has 0 bridgehead atoms. The van der Waals surface area contributed by atoms with Gasteiger partial charge in [-0.3, -0.25) is 4.90 Å². The molecule has 1 aliphatic rings. The van der Waals surface area contributed by atoms with Gasteiger partial charge >= 0.3 is 0 Å². The zero-order valence-electron chi connectivity index (χ0n) is 11.8. The molecule has 1 saturated heterocycles. The third kappa shape index (κ3) is 3.39. The number of hydrogen-bond donors (Lipinski definition) is 2. The van der Waals surface area contributed by atoms with Crippen LogP contribution in [0.25, 0.3) is 0 Å². The molecule has 0 aromatic heterocycles. The lowest BCUT2D eigenvalue weighted by atomic mass is 10.0. The number of para-hydroxylation sites is 1. The van der Waals surface area contributed by atoms with Gasteiger partial charge in [0.1, 0.15) is 0 Å².